The lowest BCUT2D eigenvalue weighted by atomic mass is 10.1. The average Bonchev–Trinajstić information content (AvgIpc) is 2.50. The third-order valence-corrected chi connectivity index (χ3v) is 3.29. The van der Waals surface area contributed by atoms with Gasteiger partial charge in [0.15, 0.2) is 6.10 Å². The molecule has 21 heavy (non-hydrogen) atoms. The van der Waals surface area contributed by atoms with E-state index in [0.717, 1.165) is 19.3 Å². The molecule has 0 aliphatic heterocycles. The molecule has 1 N–H and O–H groups in total. The highest BCUT2D eigenvalue weighted by atomic mass is 16.6. The van der Waals surface area contributed by atoms with Crippen molar-refractivity contribution < 1.29 is 19.4 Å². The molecular formula is C17H24O4. The van der Waals surface area contributed by atoms with Gasteiger partial charge < -0.3 is 9.84 Å². The van der Waals surface area contributed by atoms with Gasteiger partial charge in [-0.1, -0.05) is 69.4 Å². The van der Waals surface area contributed by atoms with Crippen LogP contribution in [0.3, 0.4) is 0 Å². The van der Waals surface area contributed by atoms with E-state index in [4.69, 9.17) is 0 Å². The fraction of sp³-hybridized carbons (Fsp3) is 0.529. The molecule has 0 saturated heterocycles. The van der Waals surface area contributed by atoms with Crippen LogP contribution in [0.2, 0.25) is 0 Å². The second kappa shape index (κ2) is 10.1. The summed E-state index contributed by atoms with van der Waals surface area (Å²) < 4.78 is 4.67. The van der Waals surface area contributed by atoms with Crippen LogP contribution in [-0.2, 0) is 14.3 Å². The van der Waals surface area contributed by atoms with Crippen LogP contribution in [0.5, 0.6) is 0 Å². The Morgan fingerprint density at radius 2 is 1.67 bits per heavy atom. The molecule has 4 heteroatoms. The Balaban J connectivity index is 2.23. The molecule has 0 fully saturated rings. The normalized spacial score (nSPS) is 11.9. The minimum absolute atomic E-state index is 0.222. The van der Waals surface area contributed by atoms with Crippen LogP contribution < -0.4 is 0 Å². The summed E-state index contributed by atoms with van der Waals surface area (Å²) in [5, 5.41) is 9.78. The third-order valence-electron chi connectivity index (χ3n) is 3.29. The van der Waals surface area contributed by atoms with Crippen LogP contribution in [0.4, 0.5) is 0 Å². The quantitative estimate of drug-likeness (QED) is 0.429. The maximum atomic E-state index is 11.6. The minimum atomic E-state index is -1.40. The highest BCUT2D eigenvalue weighted by Crippen LogP contribution is 2.14. The second-order valence-electron chi connectivity index (χ2n) is 5.12. The van der Waals surface area contributed by atoms with E-state index in [2.05, 4.69) is 11.7 Å². The fourth-order valence-electron chi connectivity index (χ4n) is 2.04. The van der Waals surface area contributed by atoms with Gasteiger partial charge in [-0.3, -0.25) is 4.79 Å². The van der Waals surface area contributed by atoms with Crippen LogP contribution in [0.1, 0.15) is 63.5 Å². The van der Waals surface area contributed by atoms with E-state index in [1.807, 2.05) is 0 Å². The molecule has 1 aromatic carbocycles. The molecule has 1 atom stereocenters. The van der Waals surface area contributed by atoms with Gasteiger partial charge in [-0.05, 0) is 12.0 Å². The number of hydrogen-bond acceptors (Lipinski definition) is 4. The maximum absolute atomic E-state index is 11.6. The molecule has 0 heterocycles. The number of hydrogen-bond donors (Lipinski definition) is 1. The smallest absolute Gasteiger partial charge is 0.347 e. The lowest BCUT2D eigenvalue weighted by Crippen LogP contribution is -2.19. The van der Waals surface area contributed by atoms with E-state index < -0.39 is 18.0 Å². The number of unbranched alkanes of at least 4 members (excludes halogenated alkanes) is 5. The van der Waals surface area contributed by atoms with Gasteiger partial charge in [-0.25, -0.2) is 4.79 Å². The van der Waals surface area contributed by atoms with Crippen molar-refractivity contribution in [2.24, 2.45) is 0 Å². The molecule has 0 saturated carbocycles. The molecule has 0 aliphatic rings. The number of aliphatic hydroxyl groups excluding tert-OH is 1. The predicted molar refractivity (Wildman–Crippen MR) is 80.5 cm³/mol. The highest BCUT2D eigenvalue weighted by Gasteiger charge is 2.21. The first-order valence-electron chi connectivity index (χ1n) is 7.62. The number of benzene rings is 1. The van der Waals surface area contributed by atoms with Gasteiger partial charge in [0, 0.05) is 6.42 Å². The van der Waals surface area contributed by atoms with Crippen molar-refractivity contribution in [2.75, 3.05) is 0 Å². The minimum Gasteiger partial charge on any atom is -0.391 e. The summed E-state index contributed by atoms with van der Waals surface area (Å²) in [6.45, 7) is 2.15. The van der Waals surface area contributed by atoms with E-state index in [1.165, 1.54) is 19.3 Å². The zero-order chi connectivity index (χ0) is 15.5. The SMILES string of the molecule is CCCCCCCCC(=O)OC(=O)C(O)c1ccccc1. The number of aliphatic hydroxyl groups is 1. The Morgan fingerprint density at radius 1 is 1.05 bits per heavy atom. The molecule has 0 aromatic heterocycles. The number of rotatable bonds is 9. The number of esters is 2. The molecule has 1 aromatic rings. The lowest BCUT2D eigenvalue weighted by Gasteiger charge is -2.09. The van der Waals surface area contributed by atoms with Gasteiger partial charge in [-0.15, -0.1) is 0 Å². The summed E-state index contributed by atoms with van der Waals surface area (Å²) in [7, 11) is 0. The van der Waals surface area contributed by atoms with Crippen molar-refractivity contribution >= 4 is 11.9 Å². The van der Waals surface area contributed by atoms with Crippen molar-refractivity contribution in [3.63, 3.8) is 0 Å². The summed E-state index contributed by atoms with van der Waals surface area (Å²) in [5.74, 6) is -1.47. The molecular weight excluding hydrogens is 268 g/mol. The zero-order valence-electron chi connectivity index (χ0n) is 12.6. The Labute approximate surface area is 126 Å². The Kier molecular flexibility index (Phi) is 8.36. The monoisotopic (exact) mass is 292 g/mol. The summed E-state index contributed by atoms with van der Waals surface area (Å²) in [6.07, 6.45) is 5.18. The topological polar surface area (TPSA) is 63.6 Å². The van der Waals surface area contributed by atoms with Gasteiger partial charge in [0.05, 0.1) is 0 Å². The molecule has 116 valence electrons. The van der Waals surface area contributed by atoms with E-state index in [9.17, 15) is 14.7 Å². The van der Waals surface area contributed by atoms with E-state index in [0.29, 0.717) is 5.56 Å². The van der Waals surface area contributed by atoms with Crippen molar-refractivity contribution in [3.05, 3.63) is 35.9 Å². The van der Waals surface area contributed by atoms with E-state index in [1.54, 1.807) is 30.3 Å². The van der Waals surface area contributed by atoms with Gasteiger partial charge in [-0.2, -0.15) is 0 Å². The van der Waals surface area contributed by atoms with Crippen LogP contribution in [0.25, 0.3) is 0 Å². The summed E-state index contributed by atoms with van der Waals surface area (Å²) in [5.41, 5.74) is 0.426. The first kappa shape index (κ1) is 17.4. The number of carbonyl (C=O) groups is 2. The predicted octanol–water partition coefficient (Wildman–Crippen LogP) is 3.54. The first-order chi connectivity index (χ1) is 10.1. The Morgan fingerprint density at radius 3 is 2.33 bits per heavy atom. The van der Waals surface area contributed by atoms with Crippen molar-refractivity contribution in [3.8, 4) is 0 Å². The van der Waals surface area contributed by atoms with Crippen LogP contribution >= 0.6 is 0 Å². The molecule has 1 rings (SSSR count). The van der Waals surface area contributed by atoms with Crippen molar-refractivity contribution in [1.82, 2.24) is 0 Å². The molecule has 0 radical (unpaired) electrons. The first-order valence-corrected chi connectivity index (χ1v) is 7.62. The van der Waals surface area contributed by atoms with E-state index >= 15 is 0 Å². The van der Waals surface area contributed by atoms with Gasteiger partial charge >= 0.3 is 11.9 Å². The maximum Gasteiger partial charge on any atom is 0.347 e. The molecule has 0 amide bonds. The van der Waals surface area contributed by atoms with Gasteiger partial charge in [0.2, 0.25) is 0 Å². The molecule has 0 bridgehead atoms. The van der Waals surface area contributed by atoms with Crippen molar-refractivity contribution in [2.45, 2.75) is 58.0 Å². The Hall–Kier alpha value is -1.68. The summed E-state index contributed by atoms with van der Waals surface area (Å²) >= 11 is 0. The van der Waals surface area contributed by atoms with Crippen LogP contribution in [-0.4, -0.2) is 17.0 Å². The number of ether oxygens (including phenoxy) is 1. The Bertz CT molecular complexity index is 428. The average molecular weight is 292 g/mol. The zero-order valence-corrected chi connectivity index (χ0v) is 12.6. The van der Waals surface area contributed by atoms with Crippen molar-refractivity contribution in [1.29, 1.82) is 0 Å². The van der Waals surface area contributed by atoms with E-state index in [-0.39, 0.29) is 6.42 Å². The standard InChI is InChI=1S/C17H24O4/c1-2-3-4-5-6-10-13-15(18)21-17(20)16(19)14-11-8-7-9-12-14/h7-9,11-12,16,19H,2-6,10,13H2,1H3. The van der Waals surface area contributed by atoms with Crippen LogP contribution in [0.15, 0.2) is 30.3 Å². The molecule has 1 unspecified atom stereocenters. The molecule has 4 nitrogen and oxygen atoms in total. The van der Waals surface area contributed by atoms with Gasteiger partial charge in [0.1, 0.15) is 0 Å². The molecule has 0 aliphatic carbocycles. The van der Waals surface area contributed by atoms with Gasteiger partial charge in [0.25, 0.3) is 0 Å². The largest absolute Gasteiger partial charge is 0.391 e. The number of carbonyl (C=O) groups excluding carboxylic acids is 2. The highest BCUT2D eigenvalue weighted by molar-refractivity contribution is 5.88. The second-order valence-corrected chi connectivity index (χ2v) is 5.12. The summed E-state index contributed by atoms with van der Waals surface area (Å²) in [6, 6.07) is 8.44. The lowest BCUT2D eigenvalue weighted by molar-refractivity contribution is -0.166. The molecule has 0 spiro atoms. The van der Waals surface area contributed by atoms with Crippen LogP contribution in [0, 0.1) is 0 Å². The summed E-state index contributed by atoms with van der Waals surface area (Å²) in [4.78, 5) is 23.2. The fourth-order valence-corrected chi connectivity index (χ4v) is 2.04. The third kappa shape index (κ3) is 7.04.